The van der Waals surface area contributed by atoms with Crippen molar-refractivity contribution in [2.45, 2.75) is 232 Å². The molecule has 0 unspecified atom stereocenters. The summed E-state index contributed by atoms with van der Waals surface area (Å²) in [6, 6.07) is 0. The van der Waals surface area contributed by atoms with Crippen LogP contribution in [0.2, 0.25) is 0 Å². The lowest BCUT2D eigenvalue weighted by Gasteiger charge is -2.27. The second-order valence-corrected chi connectivity index (χ2v) is 12.8. The Bertz CT molecular complexity index is 478. The summed E-state index contributed by atoms with van der Waals surface area (Å²) in [6.45, 7) is 9.10. The minimum atomic E-state index is -0.293. The molecule has 0 aromatic heterocycles. The van der Waals surface area contributed by atoms with Gasteiger partial charge in [-0.3, -0.25) is 0 Å². The van der Waals surface area contributed by atoms with E-state index in [1.54, 1.807) is 0 Å². The lowest BCUT2D eigenvalue weighted by atomic mass is 10.0. The maximum absolute atomic E-state index is 6.60. The molecule has 0 aromatic rings. The molecule has 0 spiro atoms. The quantitative estimate of drug-likeness (QED) is 0.0885. The number of rotatable bonds is 29. The van der Waals surface area contributed by atoms with Crippen LogP contribution in [0.5, 0.6) is 0 Å². The second-order valence-electron chi connectivity index (χ2n) is 12.8. The summed E-state index contributed by atoms with van der Waals surface area (Å²) in [5, 5.41) is 0. The lowest BCUT2D eigenvalue weighted by molar-refractivity contribution is -0.182. The van der Waals surface area contributed by atoms with E-state index in [-0.39, 0.29) is 11.9 Å². The van der Waals surface area contributed by atoms with Crippen LogP contribution in [0.1, 0.15) is 214 Å². The summed E-state index contributed by atoms with van der Waals surface area (Å²) in [5.41, 5.74) is 0. The fraction of sp³-hybridized carbons (Fsp3) is 1.00. The molecule has 2 nitrogen and oxygen atoms in total. The highest BCUT2D eigenvalue weighted by Gasteiger charge is 2.43. The SMILES string of the molecule is CCCCCCCCCCCCCCC[C@@H]1O[C@](CC)(CCCCCCCCCCCCCCC)O[C@H]1C. The first kappa shape index (κ1) is 35.9. The van der Waals surface area contributed by atoms with Gasteiger partial charge in [-0.2, -0.15) is 0 Å². The molecule has 3 atom stereocenters. The Balaban J connectivity index is 1.97. The molecule has 0 radical (unpaired) electrons. The molecule has 0 aromatic carbocycles. The van der Waals surface area contributed by atoms with Gasteiger partial charge in [-0.15, -0.1) is 0 Å². The Morgan fingerprint density at radius 3 is 1.13 bits per heavy atom. The molecular formula is C36H72O2. The van der Waals surface area contributed by atoms with Gasteiger partial charge in [-0.25, -0.2) is 0 Å². The van der Waals surface area contributed by atoms with Crippen molar-refractivity contribution in [2.75, 3.05) is 0 Å². The minimum Gasteiger partial charge on any atom is -0.344 e. The summed E-state index contributed by atoms with van der Waals surface area (Å²) in [5.74, 6) is -0.293. The predicted octanol–water partition coefficient (Wildman–Crippen LogP) is 12.9. The van der Waals surface area contributed by atoms with Gasteiger partial charge in [0.25, 0.3) is 0 Å². The second kappa shape index (κ2) is 25.9. The molecule has 38 heavy (non-hydrogen) atoms. The van der Waals surface area contributed by atoms with Crippen LogP contribution in [-0.2, 0) is 9.47 Å². The van der Waals surface area contributed by atoms with E-state index in [1.807, 2.05) is 0 Å². The van der Waals surface area contributed by atoms with Crippen LogP contribution in [0.25, 0.3) is 0 Å². The molecule has 1 aliphatic rings. The maximum Gasteiger partial charge on any atom is 0.169 e. The van der Waals surface area contributed by atoms with Crippen molar-refractivity contribution in [2.24, 2.45) is 0 Å². The van der Waals surface area contributed by atoms with E-state index >= 15 is 0 Å². The van der Waals surface area contributed by atoms with Crippen molar-refractivity contribution in [3.63, 3.8) is 0 Å². The van der Waals surface area contributed by atoms with Crippen molar-refractivity contribution < 1.29 is 9.47 Å². The average Bonchev–Trinajstić information content (AvgIpc) is 3.25. The predicted molar refractivity (Wildman–Crippen MR) is 169 cm³/mol. The minimum absolute atomic E-state index is 0.259. The van der Waals surface area contributed by atoms with Gasteiger partial charge in [0.2, 0.25) is 0 Å². The first-order valence-corrected chi connectivity index (χ1v) is 18.0. The van der Waals surface area contributed by atoms with Crippen molar-refractivity contribution in [1.29, 1.82) is 0 Å². The van der Waals surface area contributed by atoms with E-state index in [9.17, 15) is 0 Å². The van der Waals surface area contributed by atoms with Crippen LogP contribution in [0.15, 0.2) is 0 Å². The molecule has 0 aliphatic carbocycles. The molecule has 1 aliphatic heterocycles. The Morgan fingerprint density at radius 1 is 0.421 bits per heavy atom. The number of unbranched alkanes of at least 4 members (excludes halogenated alkanes) is 24. The summed E-state index contributed by atoms with van der Waals surface area (Å²) in [4.78, 5) is 0. The van der Waals surface area contributed by atoms with Crippen molar-refractivity contribution >= 4 is 0 Å². The van der Waals surface area contributed by atoms with Crippen LogP contribution < -0.4 is 0 Å². The van der Waals surface area contributed by atoms with Gasteiger partial charge in [0, 0.05) is 6.42 Å². The van der Waals surface area contributed by atoms with Gasteiger partial charge in [0.05, 0.1) is 12.2 Å². The van der Waals surface area contributed by atoms with E-state index in [0.29, 0.717) is 6.10 Å². The number of hydrogen-bond donors (Lipinski definition) is 0. The van der Waals surface area contributed by atoms with Gasteiger partial charge < -0.3 is 9.47 Å². The van der Waals surface area contributed by atoms with E-state index in [0.717, 1.165) is 12.8 Å². The fourth-order valence-electron chi connectivity index (χ4n) is 6.34. The molecule has 1 heterocycles. The Kier molecular flexibility index (Phi) is 24.5. The Morgan fingerprint density at radius 2 is 0.763 bits per heavy atom. The Hall–Kier alpha value is -0.0800. The first-order valence-electron chi connectivity index (χ1n) is 18.0. The topological polar surface area (TPSA) is 18.5 Å². The molecule has 228 valence electrons. The molecule has 0 amide bonds. The highest BCUT2D eigenvalue weighted by atomic mass is 16.8. The highest BCUT2D eigenvalue weighted by molar-refractivity contribution is 4.83. The third kappa shape index (κ3) is 19.1. The third-order valence-electron chi connectivity index (χ3n) is 9.08. The number of hydrogen-bond acceptors (Lipinski definition) is 2. The number of ether oxygens (including phenoxy) is 2. The van der Waals surface area contributed by atoms with Gasteiger partial charge >= 0.3 is 0 Å². The van der Waals surface area contributed by atoms with Crippen molar-refractivity contribution in [3.8, 4) is 0 Å². The first-order chi connectivity index (χ1) is 18.7. The standard InChI is InChI=1S/C36H72O2/c1-5-8-10-12-14-16-18-20-22-24-26-28-30-32-35-34(4)37-36(7-3,38-35)33-31-29-27-25-23-21-19-17-15-13-11-9-6-2/h34-35H,5-33H2,1-4H3/t34-,35-,36+/m0/s1. The smallest absolute Gasteiger partial charge is 0.169 e. The van der Waals surface area contributed by atoms with Crippen LogP contribution >= 0.6 is 0 Å². The van der Waals surface area contributed by atoms with Crippen LogP contribution in [0, 0.1) is 0 Å². The third-order valence-corrected chi connectivity index (χ3v) is 9.08. The highest BCUT2D eigenvalue weighted by Crippen LogP contribution is 2.37. The van der Waals surface area contributed by atoms with Gasteiger partial charge in [0.15, 0.2) is 5.79 Å². The maximum atomic E-state index is 6.60. The monoisotopic (exact) mass is 537 g/mol. The zero-order valence-corrected chi connectivity index (χ0v) is 27.0. The van der Waals surface area contributed by atoms with Gasteiger partial charge in [-0.05, 0) is 26.2 Å². The van der Waals surface area contributed by atoms with E-state index in [2.05, 4.69) is 27.7 Å². The largest absolute Gasteiger partial charge is 0.344 e. The zero-order valence-electron chi connectivity index (χ0n) is 27.0. The zero-order chi connectivity index (χ0) is 27.6. The normalized spacial score (nSPS) is 21.5. The van der Waals surface area contributed by atoms with E-state index < -0.39 is 0 Å². The fourth-order valence-corrected chi connectivity index (χ4v) is 6.34. The van der Waals surface area contributed by atoms with Crippen molar-refractivity contribution in [3.05, 3.63) is 0 Å². The molecule has 0 saturated carbocycles. The van der Waals surface area contributed by atoms with Crippen LogP contribution in [0.3, 0.4) is 0 Å². The summed E-state index contributed by atoms with van der Waals surface area (Å²) < 4.78 is 13.1. The van der Waals surface area contributed by atoms with Crippen LogP contribution in [-0.4, -0.2) is 18.0 Å². The molecule has 1 rings (SSSR count). The molecule has 1 saturated heterocycles. The molecular weight excluding hydrogens is 464 g/mol. The van der Waals surface area contributed by atoms with Gasteiger partial charge in [0.1, 0.15) is 0 Å². The van der Waals surface area contributed by atoms with Gasteiger partial charge in [-0.1, -0.05) is 181 Å². The summed E-state index contributed by atoms with van der Waals surface area (Å²) in [7, 11) is 0. The Labute approximate surface area is 241 Å². The average molecular weight is 537 g/mol. The van der Waals surface area contributed by atoms with Crippen molar-refractivity contribution in [1.82, 2.24) is 0 Å². The molecule has 1 fully saturated rings. The van der Waals surface area contributed by atoms with Crippen LogP contribution in [0.4, 0.5) is 0 Å². The van der Waals surface area contributed by atoms with E-state index in [1.165, 1.54) is 173 Å². The summed E-state index contributed by atoms with van der Waals surface area (Å²) >= 11 is 0. The molecule has 0 N–H and O–H groups in total. The molecule has 2 heteroatoms. The lowest BCUT2D eigenvalue weighted by Crippen LogP contribution is -2.30. The van der Waals surface area contributed by atoms with E-state index in [4.69, 9.17) is 9.47 Å². The molecule has 0 bridgehead atoms. The summed E-state index contributed by atoms with van der Waals surface area (Å²) in [6.07, 6.45) is 40.6.